The first-order valence-corrected chi connectivity index (χ1v) is 8.98. The van der Waals surface area contributed by atoms with Gasteiger partial charge in [0.1, 0.15) is 5.76 Å². The Morgan fingerprint density at radius 1 is 1.52 bits per heavy atom. The van der Waals surface area contributed by atoms with E-state index in [0.717, 1.165) is 36.2 Å². The van der Waals surface area contributed by atoms with Crippen molar-refractivity contribution in [2.24, 2.45) is 4.99 Å². The number of aromatic nitrogens is 1. The molecule has 0 saturated carbocycles. The van der Waals surface area contributed by atoms with E-state index < -0.39 is 0 Å². The van der Waals surface area contributed by atoms with E-state index in [1.807, 2.05) is 23.7 Å². The van der Waals surface area contributed by atoms with Crippen molar-refractivity contribution in [1.82, 2.24) is 15.2 Å². The molecule has 8 heteroatoms. The van der Waals surface area contributed by atoms with Gasteiger partial charge in [-0.1, -0.05) is 6.92 Å². The van der Waals surface area contributed by atoms with Gasteiger partial charge in [0.05, 0.1) is 24.4 Å². The number of methoxy groups -OCH3 is 1. The molecule has 0 radical (unpaired) electrons. The maximum atomic E-state index is 5.37. The van der Waals surface area contributed by atoms with Gasteiger partial charge in [0.15, 0.2) is 5.96 Å². The molecular formula is C17H27IN4O2S. The van der Waals surface area contributed by atoms with Crippen molar-refractivity contribution in [2.45, 2.75) is 19.3 Å². The molecule has 0 spiro atoms. The van der Waals surface area contributed by atoms with Crippen LogP contribution < -0.4 is 5.32 Å². The van der Waals surface area contributed by atoms with Gasteiger partial charge < -0.3 is 19.4 Å². The van der Waals surface area contributed by atoms with Crippen LogP contribution in [0.3, 0.4) is 0 Å². The van der Waals surface area contributed by atoms with Crippen LogP contribution in [-0.2, 0) is 11.2 Å². The van der Waals surface area contributed by atoms with Crippen molar-refractivity contribution in [2.75, 3.05) is 40.4 Å². The molecule has 0 bridgehead atoms. The van der Waals surface area contributed by atoms with E-state index in [4.69, 9.17) is 9.15 Å². The number of nitrogens with zero attached hydrogens (tertiary/aromatic N) is 3. The Kier molecular flexibility index (Phi) is 10.7. The predicted molar refractivity (Wildman–Crippen MR) is 113 cm³/mol. The number of ether oxygens (including phenoxy) is 1. The quantitative estimate of drug-likeness (QED) is 0.260. The molecule has 1 N–H and O–H groups in total. The molecule has 6 nitrogen and oxygen atoms in total. The molecule has 1 unspecified atom stereocenters. The molecule has 2 heterocycles. The van der Waals surface area contributed by atoms with Gasteiger partial charge >= 0.3 is 0 Å². The second-order valence-electron chi connectivity index (χ2n) is 5.61. The standard InChI is InChI=1S/C17H26N4O2S.HI/c1-14(16-18-9-12-24-16)13-21(2)17(20-8-11-22-3)19-7-6-15-5-4-10-23-15;/h4-5,9-10,12,14H,6-8,11,13H2,1-3H3,(H,19,20);1H. The Morgan fingerprint density at radius 3 is 3.00 bits per heavy atom. The lowest BCUT2D eigenvalue weighted by atomic mass is 10.2. The van der Waals surface area contributed by atoms with Gasteiger partial charge in [-0.15, -0.1) is 35.3 Å². The lowest BCUT2D eigenvalue weighted by molar-refractivity contribution is 0.207. The molecule has 0 aromatic carbocycles. The topological polar surface area (TPSA) is 62.9 Å². The van der Waals surface area contributed by atoms with Crippen molar-refractivity contribution in [3.63, 3.8) is 0 Å². The number of aliphatic imine (C=N–C) groups is 1. The first kappa shape index (κ1) is 21.9. The molecule has 140 valence electrons. The Morgan fingerprint density at radius 2 is 2.36 bits per heavy atom. The number of thiazole rings is 1. The van der Waals surface area contributed by atoms with Gasteiger partial charge in [0, 0.05) is 51.2 Å². The SMILES string of the molecule is COCCN=C(NCCc1ccco1)N(C)CC(C)c1nccs1.I. The van der Waals surface area contributed by atoms with Crippen molar-refractivity contribution in [3.05, 3.63) is 40.7 Å². The normalized spacial score (nSPS) is 12.5. The fraction of sp³-hybridized carbons (Fsp3) is 0.529. The minimum Gasteiger partial charge on any atom is -0.469 e. The Labute approximate surface area is 170 Å². The van der Waals surface area contributed by atoms with Crippen LogP contribution in [-0.4, -0.2) is 56.2 Å². The van der Waals surface area contributed by atoms with Crippen LogP contribution in [0, 0.1) is 0 Å². The molecule has 2 aromatic heterocycles. The summed E-state index contributed by atoms with van der Waals surface area (Å²) in [5.74, 6) is 2.20. The van der Waals surface area contributed by atoms with E-state index in [1.54, 1.807) is 24.7 Å². The summed E-state index contributed by atoms with van der Waals surface area (Å²) in [7, 11) is 3.74. The van der Waals surface area contributed by atoms with E-state index in [9.17, 15) is 0 Å². The zero-order valence-corrected chi connectivity index (χ0v) is 18.1. The Hall–Kier alpha value is -1.13. The lowest BCUT2D eigenvalue weighted by Crippen LogP contribution is -2.41. The van der Waals surface area contributed by atoms with E-state index in [2.05, 4.69) is 34.2 Å². The number of guanidine groups is 1. The smallest absolute Gasteiger partial charge is 0.193 e. The molecule has 0 fully saturated rings. The Balaban J connectivity index is 0.00000312. The summed E-state index contributed by atoms with van der Waals surface area (Å²) in [5.41, 5.74) is 0. The van der Waals surface area contributed by atoms with Crippen LogP contribution in [0.4, 0.5) is 0 Å². The molecule has 2 rings (SSSR count). The fourth-order valence-electron chi connectivity index (χ4n) is 2.36. The van der Waals surface area contributed by atoms with E-state index in [0.29, 0.717) is 19.1 Å². The zero-order chi connectivity index (χ0) is 17.2. The van der Waals surface area contributed by atoms with Crippen molar-refractivity contribution >= 4 is 41.3 Å². The number of nitrogens with one attached hydrogen (secondary N) is 1. The van der Waals surface area contributed by atoms with Crippen LogP contribution in [0.15, 0.2) is 39.4 Å². The van der Waals surface area contributed by atoms with Crippen LogP contribution in [0.5, 0.6) is 0 Å². The number of likely N-dealkylation sites (N-methyl/N-ethyl adjacent to an activating group) is 1. The third-order valence-corrected chi connectivity index (χ3v) is 4.58. The molecule has 25 heavy (non-hydrogen) atoms. The molecule has 1 atom stereocenters. The van der Waals surface area contributed by atoms with Crippen LogP contribution in [0.2, 0.25) is 0 Å². The Bertz CT molecular complexity index is 590. The molecule has 0 amide bonds. The summed E-state index contributed by atoms with van der Waals surface area (Å²) < 4.78 is 10.5. The fourth-order valence-corrected chi connectivity index (χ4v) is 3.05. The van der Waals surface area contributed by atoms with Gasteiger partial charge in [-0.25, -0.2) is 4.98 Å². The maximum Gasteiger partial charge on any atom is 0.193 e. The van der Waals surface area contributed by atoms with Crippen LogP contribution in [0.1, 0.15) is 23.6 Å². The third kappa shape index (κ3) is 7.74. The molecular weight excluding hydrogens is 451 g/mol. The highest BCUT2D eigenvalue weighted by Crippen LogP contribution is 2.18. The zero-order valence-electron chi connectivity index (χ0n) is 15.0. The maximum absolute atomic E-state index is 5.37. The monoisotopic (exact) mass is 478 g/mol. The van der Waals surface area contributed by atoms with E-state index in [-0.39, 0.29) is 24.0 Å². The summed E-state index contributed by atoms with van der Waals surface area (Å²) in [6.07, 6.45) is 4.38. The lowest BCUT2D eigenvalue weighted by Gasteiger charge is -2.25. The number of rotatable bonds is 9. The molecule has 2 aromatic rings. The second-order valence-corrected chi connectivity index (χ2v) is 6.53. The highest BCUT2D eigenvalue weighted by atomic mass is 127. The average Bonchev–Trinajstić information content (AvgIpc) is 3.27. The van der Waals surface area contributed by atoms with Crippen molar-refractivity contribution in [1.29, 1.82) is 0 Å². The third-order valence-electron chi connectivity index (χ3n) is 3.57. The van der Waals surface area contributed by atoms with E-state index in [1.165, 1.54) is 0 Å². The number of hydrogen-bond acceptors (Lipinski definition) is 5. The predicted octanol–water partition coefficient (Wildman–Crippen LogP) is 3.22. The highest BCUT2D eigenvalue weighted by molar-refractivity contribution is 14.0. The highest BCUT2D eigenvalue weighted by Gasteiger charge is 2.14. The first-order valence-electron chi connectivity index (χ1n) is 8.11. The minimum absolute atomic E-state index is 0. The summed E-state index contributed by atoms with van der Waals surface area (Å²) >= 11 is 1.69. The molecule has 0 aliphatic rings. The van der Waals surface area contributed by atoms with Gasteiger partial charge in [0.2, 0.25) is 0 Å². The van der Waals surface area contributed by atoms with E-state index >= 15 is 0 Å². The van der Waals surface area contributed by atoms with Gasteiger partial charge in [-0.2, -0.15) is 0 Å². The molecule has 0 aliphatic carbocycles. The van der Waals surface area contributed by atoms with Crippen molar-refractivity contribution < 1.29 is 9.15 Å². The average molecular weight is 478 g/mol. The number of furan rings is 1. The van der Waals surface area contributed by atoms with Gasteiger partial charge in [-0.3, -0.25) is 4.99 Å². The van der Waals surface area contributed by atoms with Crippen molar-refractivity contribution in [3.8, 4) is 0 Å². The summed E-state index contributed by atoms with van der Waals surface area (Å²) in [5, 5.41) is 6.57. The molecule has 0 saturated heterocycles. The summed E-state index contributed by atoms with van der Waals surface area (Å²) in [6.45, 7) is 5.06. The minimum atomic E-state index is 0. The van der Waals surface area contributed by atoms with Crippen LogP contribution >= 0.6 is 35.3 Å². The summed E-state index contributed by atoms with van der Waals surface area (Å²) in [4.78, 5) is 11.2. The largest absolute Gasteiger partial charge is 0.469 e. The molecule has 0 aliphatic heterocycles. The van der Waals surface area contributed by atoms with Gasteiger partial charge in [-0.05, 0) is 12.1 Å². The first-order chi connectivity index (χ1) is 11.7. The van der Waals surface area contributed by atoms with Crippen LogP contribution in [0.25, 0.3) is 0 Å². The number of hydrogen-bond donors (Lipinski definition) is 1. The van der Waals surface area contributed by atoms with Gasteiger partial charge in [0.25, 0.3) is 0 Å². The number of halogens is 1. The second kappa shape index (κ2) is 12.3. The summed E-state index contributed by atoms with van der Waals surface area (Å²) in [6, 6.07) is 3.89.